The second-order valence-electron chi connectivity index (χ2n) is 6.79. The van der Waals surface area contributed by atoms with E-state index < -0.39 is 10.0 Å². The summed E-state index contributed by atoms with van der Waals surface area (Å²) in [6, 6.07) is 13.6. The van der Waals surface area contributed by atoms with Gasteiger partial charge in [-0.25, -0.2) is 13.1 Å². The average molecular weight is 408 g/mol. The highest BCUT2D eigenvalue weighted by Gasteiger charge is 2.25. The maximum absolute atomic E-state index is 12.6. The van der Waals surface area contributed by atoms with Gasteiger partial charge in [-0.15, -0.1) is 11.3 Å². The summed E-state index contributed by atoms with van der Waals surface area (Å²) in [4.78, 5) is 14.2. The topological polar surface area (TPSA) is 78.5 Å². The van der Waals surface area contributed by atoms with Crippen LogP contribution in [0, 0.1) is 0 Å². The summed E-state index contributed by atoms with van der Waals surface area (Å²) in [5, 5.41) is 2.68. The number of rotatable bonds is 7. The lowest BCUT2D eigenvalue weighted by Crippen LogP contribution is -2.44. The number of carbonyl (C=O) groups is 1. The molecule has 2 N–H and O–H groups in total. The maximum Gasteiger partial charge on any atom is 0.250 e. The minimum absolute atomic E-state index is 0.0390. The molecule has 0 unspecified atom stereocenters. The Bertz CT molecular complexity index is 857. The Balaban J connectivity index is 1.51. The molecule has 2 heterocycles. The molecule has 8 heteroatoms. The van der Waals surface area contributed by atoms with Crippen LogP contribution in [0.25, 0.3) is 0 Å². The molecule has 0 spiro atoms. The van der Waals surface area contributed by atoms with Gasteiger partial charge in [0.25, 0.3) is 0 Å². The SMILES string of the molecule is CC(=O)NCc1ccc(S(=O)(=O)NC2CCN(Cc3ccccc3)CC2)s1. The highest BCUT2D eigenvalue weighted by atomic mass is 32.2. The predicted molar refractivity (Wildman–Crippen MR) is 107 cm³/mol. The standard InChI is InChI=1S/C19H25N3O3S2/c1-15(23)20-13-18-7-8-19(26-18)27(24,25)21-17-9-11-22(12-10-17)14-16-5-3-2-4-6-16/h2-8,17,21H,9-14H2,1H3,(H,20,23). The van der Waals surface area contributed by atoms with E-state index in [-0.39, 0.29) is 11.9 Å². The molecule has 1 saturated heterocycles. The van der Waals surface area contributed by atoms with Crippen molar-refractivity contribution in [3.63, 3.8) is 0 Å². The Morgan fingerprint density at radius 3 is 2.52 bits per heavy atom. The number of likely N-dealkylation sites (tertiary alicyclic amines) is 1. The first-order chi connectivity index (χ1) is 12.9. The summed E-state index contributed by atoms with van der Waals surface area (Å²) < 4.78 is 28.4. The van der Waals surface area contributed by atoms with E-state index in [9.17, 15) is 13.2 Å². The third-order valence-electron chi connectivity index (χ3n) is 4.57. The number of nitrogens with one attached hydrogen (secondary N) is 2. The van der Waals surface area contributed by atoms with Gasteiger partial charge in [-0.2, -0.15) is 0 Å². The fourth-order valence-corrected chi connectivity index (χ4v) is 5.75. The van der Waals surface area contributed by atoms with Gasteiger partial charge in [0.15, 0.2) is 0 Å². The molecule has 146 valence electrons. The highest BCUT2D eigenvalue weighted by Crippen LogP contribution is 2.23. The van der Waals surface area contributed by atoms with Crippen molar-refractivity contribution in [1.29, 1.82) is 0 Å². The second-order valence-corrected chi connectivity index (χ2v) is 9.90. The van der Waals surface area contributed by atoms with Crippen LogP contribution >= 0.6 is 11.3 Å². The van der Waals surface area contributed by atoms with Crippen LogP contribution in [0.15, 0.2) is 46.7 Å². The molecular weight excluding hydrogens is 382 g/mol. The van der Waals surface area contributed by atoms with E-state index in [2.05, 4.69) is 27.1 Å². The predicted octanol–water partition coefficient (Wildman–Crippen LogP) is 2.33. The summed E-state index contributed by atoms with van der Waals surface area (Å²) >= 11 is 1.20. The zero-order chi connectivity index (χ0) is 19.3. The Labute approximate surface area is 164 Å². The van der Waals surface area contributed by atoms with Gasteiger partial charge in [-0.05, 0) is 30.5 Å². The molecule has 6 nitrogen and oxygen atoms in total. The molecule has 0 atom stereocenters. The molecule has 0 bridgehead atoms. The minimum Gasteiger partial charge on any atom is -0.351 e. The Hall–Kier alpha value is -1.74. The summed E-state index contributed by atoms with van der Waals surface area (Å²) in [7, 11) is -3.52. The van der Waals surface area contributed by atoms with Gasteiger partial charge >= 0.3 is 0 Å². The monoisotopic (exact) mass is 407 g/mol. The molecule has 1 fully saturated rings. The first kappa shape index (κ1) is 20.0. The molecule has 1 aliphatic rings. The lowest BCUT2D eigenvalue weighted by Gasteiger charge is -2.32. The van der Waals surface area contributed by atoms with Gasteiger partial charge in [0.05, 0.1) is 6.54 Å². The average Bonchev–Trinajstić information content (AvgIpc) is 3.12. The van der Waals surface area contributed by atoms with Crippen molar-refractivity contribution in [3.05, 3.63) is 52.9 Å². The second kappa shape index (κ2) is 8.97. The van der Waals surface area contributed by atoms with Crippen molar-refractivity contribution in [2.24, 2.45) is 0 Å². The van der Waals surface area contributed by atoms with E-state index in [0.717, 1.165) is 37.4 Å². The van der Waals surface area contributed by atoms with Crippen molar-refractivity contribution in [3.8, 4) is 0 Å². The lowest BCUT2D eigenvalue weighted by molar-refractivity contribution is -0.119. The summed E-state index contributed by atoms with van der Waals surface area (Å²) in [6.07, 6.45) is 1.60. The van der Waals surface area contributed by atoms with Crippen molar-refractivity contribution in [2.75, 3.05) is 13.1 Å². The molecule has 0 radical (unpaired) electrons. The summed E-state index contributed by atoms with van der Waals surface area (Å²) in [6.45, 7) is 4.45. The van der Waals surface area contributed by atoms with Crippen LogP contribution in [0.2, 0.25) is 0 Å². The van der Waals surface area contributed by atoms with Gasteiger partial charge in [-0.3, -0.25) is 9.69 Å². The molecule has 3 rings (SSSR count). The largest absolute Gasteiger partial charge is 0.351 e. The number of piperidine rings is 1. The quantitative estimate of drug-likeness (QED) is 0.738. The normalized spacial score (nSPS) is 16.3. The molecule has 0 saturated carbocycles. The van der Waals surface area contributed by atoms with Crippen molar-refractivity contribution in [2.45, 2.75) is 43.1 Å². The van der Waals surface area contributed by atoms with Crippen LogP contribution < -0.4 is 10.0 Å². The third-order valence-corrected chi connectivity index (χ3v) is 7.67. The number of thiophene rings is 1. The van der Waals surface area contributed by atoms with Gasteiger partial charge in [-0.1, -0.05) is 30.3 Å². The molecule has 27 heavy (non-hydrogen) atoms. The fraction of sp³-hybridized carbons (Fsp3) is 0.421. The Morgan fingerprint density at radius 1 is 1.15 bits per heavy atom. The first-order valence-electron chi connectivity index (χ1n) is 9.04. The van der Waals surface area contributed by atoms with E-state index in [1.165, 1.54) is 23.8 Å². The van der Waals surface area contributed by atoms with E-state index in [4.69, 9.17) is 0 Å². The molecule has 1 amide bonds. The van der Waals surface area contributed by atoms with Crippen molar-refractivity contribution >= 4 is 27.3 Å². The minimum atomic E-state index is -3.52. The van der Waals surface area contributed by atoms with Gasteiger partial charge in [0.2, 0.25) is 15.9 Å². The molecular formula is C19H25N3O3S2. The highest BCUT2D eigenvalue weighted by molar-refractivity contribution is 7.91. The van der Waals surface area contributed by atoms with Crippen LogP contribution in [-0.4, -0.2) is 38.4 Å². The van der Waals surface area contributed by atoms with Gasteiger partial charge in [0.1, 0.15) is 4.21 Å². The van der Waals surface area contributed by atoms with E-state index >= 15 is 0 Å². The number of nitrogens with zero attached hydrogens (tertiary/aromatic N) is 1. The number of sulfonamides is 1. The van der Waals surface area contributed by atoms with Crippen molar-refractivity contribution < 1.29 is 13.2 Å². The molecule has 0 aliphatic carbocycles. The zero-order valence-corrected chi connectivity index (χ0v) is 17.0. The Kier molecular flexibility index (Phi) is 6.64. The lowest BCUT2D eigenvalue weighted by atomic mass is 10.1. The summed E-state index contributed by atoms with van der Waals surface area (Å²) in [5.41, 5.74) is 1.28. The van der Waals surface area contributed by atoms with Crippen LogP contribution in [0.5, 0.6) is 0 Å². The van der Waals surface area contributed by atoms with Crippen LogP contribution in [0.4, 0.5) is 0 Å². The molecule has 2 aromatic rings. The van der Waals surface area contributed by atoms with Gasteiger partial charge < -0.3 is 5.32 Å². The number of hydrogen-bond donors (Lipinski definition) is 2. The number of amides is 1. The summed E-state index contributed by atoms with van der Waals surface area (Å²) in [5.74, 6) is -0.131. The maximum atomic E-state index is 12.6. The Morgan fingerprint density at radius 2 is 1.85 bits per heavy atom. The van der Waals surface area contributed by atoms with Crippen LogP contribution in [-0.2, 0) is 27.9 Å². The van der Waals surface area contributed by atoms with Crippen molar-refractivity contribution in [1.82, 2.24) is 14.9 Å². The molecule has 1 aromatic heterocycles. The van der Waals surface area contributed by atoms with E-state index in [1.807, 2.05) is 18.2 Å². The third kappa shape index (κ3) is 5.87. The van der Waals surface area contributed by atoms with Crippen LogP contribution in [0.1, 0.15) is 30.2 Å². The van der Waals surface area contributed by atoms with Crippen LogP contribution in [0.3, 0.4) is 0 Å². The van der Waals surface area contributed by atoms with E-state index in [1.54, 1.807) is 12.1 Å². The number of benzene rings is 1. The number of hydrogen-bond acceptors (Lipinski definition) is 5. The first-order valence-corrected chi connectivity index (χ1v) is 11.3. The molecule has 1 aromatic carbocycles. The fourth-order valence-electron chi connectivity index (χ4n) is 3.14. The smallest absolute Gasteiger partial charge is 0.250 e. The molecule has 1 aliphatic heterocycles. The van der Waals surface area contributed by atoms with Gasteiger partial charge in [0, 0.05) is 37.5 Å². The zero-order valence-electron chi connectivity index (χ0n) is 15.3. The number of carbonyl (C=O) groups excluding carboxylic acids is 1. The van der Waals surface area contributed by atoms with E-state index in [0.29, 0.717) is 10.8 Å².